The second-order valence-corrected chi connectivity index (χ2v) is 6.99. The third kappa shape index (κ3) is 6.09. The Morgan fingerprint density at radius 2 is 1.69 bits per heavy atom. The van der Waals surface area contributed by atoms with Crippen LogP contribution in [0.4, 0.5) is 0 Å². The number of rotatable bonds is 5. The number of hydrogen-bond acceptors (Lipinski definition) is 1. The summed E-state index contributed by atoms with van der Waals surface area (Å²) in [5.41, 5.74) is 0.153. The highest BCUT2D eigenvalue weighted by molar-refractivity contribution is 5.82. The van der Waals surface area contributed by atoms with Gasteiger partial charge in [-0.1, -0.05) is 47.6 Å². The SMILES string of the molecule is C=CCCC(C(=O)CC(C)(C)C)C(C)(C)C. The Bertz CT molecular complexity index is 237. The standard InChI is InChI=1S/C15H28O/c1-8-9-10-12(15(5,6)7)13(16)11-14(2,3)4/h8,12H,1,9-11H2,2-7H3. The molecule has 1 atom stereocenters. The fourth-order valence-corrected chi connectivity index (χ4v) is 2.01. The maximum Gasteiger partial charge on any atom is 0.137 e. The molecule has 1 nitrogen and oxygen atoms in total. The lowest BCUT2D eigenvalue weighted by molar-refractivity contribution is -0.128. The van der Waals surface area contributed by atoms with E-state index in [1.54, 1.807) is 0 Å². The first-order valence-corrected chi connectivity index (χ1v) is 6.21. The lowest BCUT2D eigenvalue weighted by Crippen LogP contribution is -2.31. The molecule has 0 bridgehead atoms. The van der Waals surface area contributed by atoms with E-state index in [-0.39, 0.29) is 16.7 Å². The zero-order valence-corrected chi connectivity index (χ0v) is 11.9. The Hall–Kier alpha value is -0.590. The van der Waals surface area contributed by atoms with E-state index in [1.165, 1.54) is 0 Å². The van der Waals surface area contributed by atoms with E-state index in [0.717, 1.165) is 12.8 Å². The first-order chi connectivity index (χ1) is 7.08. The van der Waals surface area contributed by atoms with Gasteiger partial charge in [-0.15, -0.1) is 6.58 Å². The van der Waals surface area contributed by atoms with Crippen molar-refractivity contribution in [2.24, 2.45) is 16.7 Å². The van der Waals surface area contributed by atoms with Crippen LogP contribution in [0.2, 0.25) is 0 Å². The van der Waals surface area contributed by atoms with Crippen LogP contribution in [0.15, 0.2) is 12.7 Å². The van der Waals surface area contributed by atoms with E-state index < -0.39 is 0 Å². The molecule has 0 aliphatic carbocycles. The Balaban J connectivity index is 4.64. The summed E-state index contributed by atoms with van der Waals surface area (Å²) in [5.74, 6) is 0.562. The summed E-state index contributed by atoms with van der Waals surface area (Å²) in [6.07, 6.45) is 4.44. The van der Waals surface area contributed by atoms with Crippen LogP contribution in [0.5, 0.6) is 0 Å². The predicted molar refractivity (Wildman–Crippen MR) is 71.5 cm³/mol. The summed E-state index contributed by atoms with van der Waals surface area (Å²) >= 11 is 0. The number of carbonyl (C=O) groups is 1. The molecule has 0 fully saturated rings. The van der Waals surface area contributed by atoms with Crippen molar-refractivity contribution < 1.29 is 4.79 Å². The van der Waals surface area contributed by atoms with E-state index in [9.17, 15) is 4.79 Å². The van der Waals surface area contributed by atoms with E-state index in [0.29, 0.717) is 12.2 Å². The van der Waals surface area contributed by atoms with Gasteiger partial charge in [0.15, 0.2) is 0 Å². The third-order valence-electron chi connectivity index (χ3n) is 2.80. The van der Waals surface area contributed by atoms with Crippen molar-refractivity contribution in [3.63, 3.8) is 0 Å². The fraction of sp³-hybridized carbons (Fsp3) is 0.800. The lowest BCUT2D eigenvalue weighted by atomic mass is 9.72. The van der Waals surface area contributed by atoms with Crippen LogP contribution < -0.4 is 0 Å². The summed E-state index contributed by atoms with van der Waals surface area (Å²) in [4.78, 5) is 12.3. The quantitative estimate of drug-likeness (QED) is 0.623. The maximum absolute atomic E-state index is 12.3. The number of ketones is 1. The van der Waals surface area contributed by atoms with Crippen molar-refractivity contribution in [1.82, 2.24) is 0 Å². The van der Waals surface area contributed by atoms with Gasteiger partial charge in [-0.2, -0.15) is 0 Å². The van der Waals surface area contributed by atoms with E-state index >= 15 is 0 Å². The Morgan fingerprint density at radius 1 is 1.19 bits per heavy atom. The summed E-state index contributed by atoms with van der Waals surface area (Å²) in [6.45, 7) is 16.6. The largest absolute Gasteiger partial charge is 0.299 e. The van der Waals surface area contributed by atoms with Crippen molar-refractivity contribution >= 4 is 5.78 Å². The van der Waals surface area contributed by atoms with Crippen LogP contribution >= 0.6 is 0 Å². The second-order valence-electron chi connectivity index (χ2n) is 6.99. The summed E-state index contributed by atoms with van der Waals surface area (Å²) in [7, 11) is 0. The topological polar surface area (TPSA) is 17.1 Å². The molecule has 0 aromatic carbocycles. The molecule has 0 aliphatic heterocycles. The van der Waals surface area contributed by atoms with Gasteiger partial charge < -0.3 is 0 Å². The minimum atomic E-state index is 0.0609. The van der Waals surface area contributed by atoms with Gasteiger partial charge in [0.25, 0.3) is 0 Å². The molecule has 0 aromatic heterocycles. The molecule has 0 aromatic rings. The van der Waals surface area contributed by atoms with Crippen LogP contribution in [0.25, 0.3) is 0 Å². The van der Waals surface area contributed by atoms with Gasteiger partial charge in [0.1, 0.15) is 5.78 Å². The second kappa shape index (κ2) is 5.65. The van der Waals surface area contributed by atoms with E-state index in [4.69, 9.17) is 0 Å². The molecule has 0 rings (SSSR count). The molecule has 0 saturated carbocycles. The van der Waals surface area contributed by atoms with Gasteiger partial charge >= 0.3 is 0 Å². The van der Waals surface area contributed by atoms with Crippen LogP contribution in [0.3, 0.4) is 0 Å². The normalized spacial score (nSPS) is 14.6. The first-order valence-electron chi connectivity index (χ1n) is 6.21. The molecule has 0 aliphatic rings. The first kappa shape index (κ1) is 15.4. The van der Waals surface area contributed by atoms with Crippen molar-refractivity contribution in [2.45, 2.75) is 60.8 Å². The molecule has 0 spiro atoms. The molecule has 1 unspecified atom stereocenters. The fourth-order valence-electron chi connectivity index (χ4n) is 2.01. The minimum absolute atomic E-state index is 0.0609. The molecule has 94 valence electrons. The number of Topliss-reactive ketones (excluding diaryl/α,β-unsaturated/α-hetero) is 1. The van der Waals surface area contributed by atoms with Gasteiger partial charge in [-0.3, -0.25) is 4.79 Å². The predicted octanol–water partition coefficient (Wildman–Crippen LogP) is 4.62. The highest BCUT2D eigenvalue weighted by atomic mass is 16.1. The smallest absolute Gasteiger partial charge is 0.137 e. The van der Waals surface area contributed by atoms with Crippen LogP contribution in [0, 0.1) is 16.7 Å². The zero-order valence-electron chi connectivity index (χ0n) is 11.9. The average Bonchev–Trinajstić information content (AvgIpc) is 1.98. The molecule has 0 saturated heterocycles. The highest BCUT2D eigenvalue weighted by Crippen LogP contribution is 2.34. The maximum atomic E-state index is 12.3. The van der Waals surface area contributed by atoms with Crippen molar-refractivity contribution in [3.8, 4) is 0 Å². The third-order valence-corrected chi connectivity index (χ3v) is 2.80. The van der Waals surface area contributed by atoms with Crippen LogP contribution in [0.1, 0.15) is 60.8 Å². The van der Waals surface area contributed by atoms with E-state index in [1.807, 2.05) is 6.08 Å². The lowest BCUT2D eigenvalue weighted by Gasteiger charge is -2.31. The Labute approximate surface area is 101 Å². The summed E-state index contributed by atoms with van der Waals surface area (Å²) in [6, 6.07) is 0. The van der Waals surface area contributed by atoms with Gasteiger partial charge in [0.05, 0.1) is 0 Å². The van der Waals surface area contributed by atoms with Crippen molar-refractivity contribution in [1.29, 1.82) is 0 Å². The van der Waals surface area contributed by atoms with Gasteiger partial charge in [0.2, 0.25) is 0 Å². The molecular formula is C15H28O. The zero-order chi connectivity index (χ0) is 13.0. The summed E-state index contributed by atoms with van der Waals surface area (Å²) < 4.78 is 0. The molecule has 0 radical (unpaired) electrons. The van der Waals surface area contributed by atoms with Gasteiger partial charge in [-0.05, 0) is 23.7 Å². The molecular weight excluding hydrogens is 196 g/mol. The Morgan fingerprint density at radius 3 is 2.00 bits per heavy atom. The highest BCUT2D eigenvalue weighted by Gasteiger charge is 2.32. The van der Waals surface area contributed by atoms with E-state index in [2.05, 4.69) is 48.1 Å². The molecule has 0 heterocycles. The molecule has 0 N–H and O–H groups in total. The van der Waals surface area contributed by atoms with Crippen LogP contribution in [-0.2, 0) is 4.79 Å². The van der Waals surface area contributed by atoms with Gasteiger partial charge in [0, 0.05) is 12.3 Å². The monoisotopic (exact) mass is 224 g/mol. The molecule has 0 amide bonds. The Kier molecular flexibility index (Phi) is 5.44. The average molecular weight is 224 g/mol. The molecule has 1 heteroatoms. The van der Waals surface area contributed by atoms with Crippen LogP contribution in [-0.4, -0.2) is 5.78 Å². The summed E-state index contributed by atoms with van der Waals surface area (Å²) in [5, 5.41) is 0. The number of carbonyl (C=O) groups excluding carboxylic acids is 1. The van der Waals surface area contributed by atoms with Crippen molar-refractivity contribution in [3.05, 3.63) is 12.7 Å². The number of hydrogen-bond donors (Lipinski definition) is 0. The number of allylic oxidation sites excluding steroid dienone is 1. The molecule has 16 heavy (non-hydrogen) atoms. The van der Waals surface area contributed by atoms with Crippen molar-refractivity contribution in [2.75, 3.05) is 0 Å². The minimum Gasteiger partial charge on any atom is -0.299 e. The van der Waals surface area contributed by atoms with Gasteiger partial charge in [-0.25, -0.2) is 0 Å².